The largest absolute Gasteiger partial charge is 0.497 e. The van der Waals surface area contributed by atoms with E-state index < -0.39 is 7.60 Å². The Morgan fingerprint density at radius 1 is 1.05 bits per heavy atom. The fraction of sp³-hybridized carbons (Fsp3) is 0.296. The van der Waals surface area contributed by atoms with Crippen LogP contribution in [0.4, 0.5) is 0 Å². The molecule has 0 aliphatic rings. The number of hydrogen-bond donors (Lipinski definition) is 2. The first-order valence-electron chi connectivity index (χ1n) is 11.7. The highest BCUT2D eigenvalue weighted by molar-refractivity contribution is 7.51. The van der Waals surface area contributed by atoms with Crippen molar-refractivity contribution < 1.29 is 28.6 Å². The minimum absolute atomic E-state index is 0.155. The number of allylic oxidation sites excluding steroid dienone is 1. The third kappa shape index (κ3) is 7.09. The van der Waals surface area contributed by atoms with Crippen molar-refractivity contribution in [2.45, 2.75) is 32.1 Å². The Hall–Kier alpha value is -3.88. The monoisotopic (exact) mass is 521 g/mol. The molecule has 0 aliphatic carbocycles. The Labute approximate surface area is 215 Å². The molecule has 0 aliphatic heterocycles. The van der Waals surface area contributed by atoms with Gasteiger partial charge in [-0.1, -0.05) is 12.8 Å². The predicted molar refractivity (Wildman–Crippen MR) is 140 cm³/mol. The Bertz CT molecular complexity index is 1460. The maximum atomic E-state index is 13.2. The van der Waals surface area contributed by atoms with Crippen LogP contribution < -0.4 is 9.47 Å². The number of fused-ring (bicyclic) bond motifs is 1. The summed E-state index contributed by atoms with van der Waals surface area (Å²) in [5.74, 6) is 0.905. The van der Waals surface area contributed by atoms with E-state index in [9.17, 15) is 19.9 Å². The van der Waals surface area contributed by atoms with Crippen LogP contribution in [0.25, 0.3) is 22.6 Å². The average Bonchev–Trinajstić information content (AvgIpc) is 3.27. The van der Waals surface area contributed by atoms with E-state index >= 15 is 0 Å². The van der Waals surface area contributed by atoms with Crippen molar-refractivity contribution in [2.75, 3.05) is 20.4 Å². The van der Waals surface area contributed by atoms with Crippen molar-refractivity contribution in [3.63, 3.8) is 0 Å². The van der Waals surface area contributed by atoms with E-state index in [4.69, 9.17) is 19.3 Å². The summed E-state index contributed by atoms with van der Waals surface area (Å²) >= 11 is 0. The summed E-state index contributed by atoms with van der Waals surface area (Å²) in [6, 6.07) is 14.5. The lowest BCUT2D eigenvalue weighted by atomic mass is 10.0. The molecule has 3 rings (SSSR count). The lowest BCUT2D eigenvalue weighted by Gasteiger charge is -2.06. The summed E-state index contributed by atoms with van der Waals surface area (Å²) in [5.41, 5.74) is 2.44. The van der Waals surface area contributed by atoms with Gasteiger partial charge in [0.1, 0.15) is 11.5 Å². The van der Waals surface area contributed by atoms with Gasteiger partial charge in [-0.15, -0.1) is 0 Å². The number of benzene rings is 2. The number of nitrogens with zero attached hydrogens (tertiary/aromatic N) is 3. The Kier molecular flexibility index (Phi) is 9.27. The SMILES string of the molecule is COc1ccc2c(/C(C#N)=C/c3cc(C#N)ccc3OC)cn(C(=O)CCCCCCP(=O)(O)O)c2c1. The molecule has 0 amide bonds. The van der Waals surface area contributed by atoms with Crippen LogP contribution in [-0.2, 0) is 4.57 Å². The molecule has 9 nitrogen and oxygen atoms in total. The molecule has 3 aromatic rings. The van der Waals surface area contributed by atoms with E-state index in [0.717, 1.165) is 0 Å². The molecule has 1 heterocycles. The number of aromatic nitrogens is 1. The summed E-state index contributed by atoms with van der Waals surface area (Å²) in [6.07, 6.45) is 5.60. The van der Waals surface area contributed by atoms with Gasteiger partial charge in [-0.05, 0) is 49.2 Å². The molecule has 0 radical (unpaired) electrons. The molecule has 0 bridgehead atoms. The molecule has 2 aromatic carbocycles. The first kappa shape index (κ1) is 27.7. The molecule has 2 N–H and O–H groups in total. The van der Waals surface area contributed by atoms with Crippen molar-refractivity contribution in [1.82, 2.24) is 4.57 Å². The first-order chi connectivity index (χ1) is 17.7. The fourth-order valence-corrected chi connectivity index (χ4v) is 4.70. The third-order valence-corrected chi connectivity index (χ3v) is 6.84. The Morgan fingerprint density at radius 2 is 1.81 bits per heavy atom. The van der Waals surface area contributed by atoms with Crippen molar-refractivity contribution in [2.24, 2.45) is 0 Å². The maximum Gasteiger partial charge on any atom is 0.325 e. The molecule has 0 saturated heterocycles. The van der Waals surface area contributed by atoms with E-state index in [1.54, 1.807) is 48.7 Å². The number of hydrogen-bond acceptors (Lipinski definition) is 6. The number of rotatable bonds is 11. The Morgan fingerprint density at radius 3 is 2.46 bits per heavy atom. The molecule has 0 saturated carbocycles. The van der Waals surface area contributed by atoms with Crippen LogP contribution in [0, 0.1) is 22.7 Å². The van der Waals surface area contributed by atoms with Crippen LogP contribution in [0.3, 0.4) is 0 Å². The van der Waals surface area contributed by atoms with Gasteiger partial charge in [0, 0.05) is 41.4 Å². The zero-order chi connectivity index (χ0) is 27.0. The number of carbonyl (C=O) groups excluding carboxylic acids is 1. The normalized spacial score (nSPS) is 11.7. The van der Waals surface area contributed by atoms with Crippen LogP contribution in [0.15, 0.2) is 42.6 Å². The van der Waals surface area contributed by atoms with Crippen LogP contribution in [0.1, 0.15) is 53.6 Å². The number of nitriles is 2. The lowest BCUT2D eigenvalue weighted by Crippen LogP contribution is -2.09. The van der Waals surface area contributed by atoms with Crippen molar-refractivity contribution >= 4 is 36.1 Å². The number of ether oxygens (including phenoxy) is 2. The second-order valence-electron chi connectivity index (χ2n) is 8.48. The van der Waals surface area contributed by atoms with Gasteiger partial charge >= 0.3 is 7.60 Å². The highest BCUT2D eigenvalue weighted by atomic mass is 31.2. The van der Waals surface area contributed by atoms with E-state index in [0.29, 0.717) is 70.3 Å². The average molecular weight is 522 g/mol. The lowest BCUT2D eigenvalue weighted by molar-refractivity contribution is 0.0904. The standard InChI is InChI=1S/C27H28N3O6P/c1-35-22-9-10-23-24(21(17-29)14-20-13-19(16-28)8-11-26(20)36-2)18-30(25(23)15-22)27(31)7-5-3-4-6-12-37(32,33)34/h8-11,13-15,18H,3-7,12H2,1-2H3,(H2,32,33,34)/b21-14+. The van der Waals surface area contributed by atoms with Gasteiger partial charge < -0.3 is 19.3 Å². The molecule has 0 fully saturated rings. The number of methoxy groups -OCH3 is 2. The van der Waals surface area contributed by atoms with Crippen LogP contribution in [0.2, 0.25) is 0 Å². The van der Waals surface area contributed by atoms with Crippen LogP contribution in [0.5, 0.6) is 11.5 Å². The van der Waals surface area contributed by atoms with Crippen LogP contribution in [-0.4, -0.2) is 40.6 Å². The zero-order valence-electron chi connectivity index (χ0n) is 20.7. The molecule has 0 unspecified atom stereocenters. The molecular weight excluding hydrogens is 493 g/mol. The van der Waals surface area contributed by atoms with Crippen LogP contribution >= 0.6 is 7.60 Å². The summed E-state index contributed by atoms with van der Waals surface area (Å²) in [7, 11) is -0.961. The minimum atomic E-state index is -4.00. The molecule has 192 valence electrons. The van der Waals surface area contributed by atoms with Crippen molar-refractivity contribution in [3.05, 3.63) is 59.3 Å². The molecule has 1 aromatic heterocycles. The predicted octanol–water partition coefficient (Wildman–Crippen LogP) is 5.36. The summed E-state index contributed by atoms with van der Waals surface area (Å²) < 4.78 is 23.2. The summed E-state index contributed by atoms with van der Waals surface area (Å²) in [5, 5.41) is 20.0. The Balaban J connectivity index is 1.94. The van der Waals surface area contributed by atoms with Gasteiger partial charge in [0.05, 0.1) is 43.0 Å². The second-order valence-corrected chi connectivity index (χ2v) is 10.3. The minimum Gasteiger partial charge on any atom is -0.497 e. The molecule has 10 heteroatoms. The molecule has 0 spiro atoms. The zero-order valence-corrected chi connectivity index (χ0v) is 21.6. The topological polar surface area (TPSA) is 146 Å². The van der Waals surface area contributed by atoms with Gasteiger partial charge in [0.2, 0.25) is 5.91 Å². The quantitative estimate of drug-likeness (QED) is 0.195. The smallest absolute Gasteiger partial charge is 0.325 e. The van der Waals surface area contributed by atoms with E-state index in [2.05, 4.69) is 12.1 Å². The van der Waals surface area contributed by atoms with E-state index in [-0.39, 0.29) is 18.5 Å². The van der Waals surface area contributed by atoms with E-state index in [1.807, 2.05) is 0 Å². The maximum absolute atomic E-state index is 13.2. The van der Waals surface area contributed by atoms with E-state index in [1.165, 1.54) is 18.8 Å². The molecular formula is C27H28N3O6P. The van der Waals surface area contributed by atoms with Gasteiger partial charge in [0.25, 0.3) is 0 Å². The van der Waals surface area contributed by atoms with Gasteiger partial charge in [-0.25, -0.2) is 0 Å². The first-order valence-corrected chi connectivity index (χ1v) is 13.5. The summed E-state index contributed by atoms with van der Waals surface area (Å²) in [6.45, 7) is 0. The molecule has 37 heavy (non-hydrogen) atoms. The molecule has 0 atom stereocenters. The van der Waals surface area contributed by atoms with Crippen molar-refractivity contribution in [3.8, 4) is 23.6 Å². The highest BCUT2D eigenvalue weighted by Gasteiger charge is 2.18. The number of unbranched alkanes of at least 4 members (excludes halogenated alkanes) is 3. The summed E-state index contributed by atoms with van der Waals surface area (Å²) in [4.78, 5) is 31.1. The second kappa shape index (κ2) is 12.4. The van der Waals surface area contributed by atoms with Gasteiger partial charge in [-0.3, -0.25) is 13.9 Å². The highest BCUT2D eigenvalue weighted by Crippen LogP contribution is 2.36. The number of carbonyl (C=O) groups is 1. The van der Waals surface area contributed by atoms with Crippen molar-refractivity contribution in [1.29, 1.82) is 10.5 Å². The van der Waals surface area contributed by atoms with Gasteiger partial charge in [-0.2, -0.15) is 10.5 Å². The van der Waals surface area contributed by atoms with Gasteiger partial charge in [0.15, 0.2) is 0 Å². The fourth-order valence-electron chi connectivity index (χ4n) is 4.07. The third-order valence-electron chi connectivity index (χ3n) is 5.94.